The zero-order chi connectivity index (χ0) is 29.0. The number of hydrogen-bond donors (Lipinski definition) is 1. The summed E-state index contributed by atoms with van der Waals surface area (Å²) in [6.45, 7) is 11.8. The lowest BCUT2D eigenvalue weighted by molar-refractivity contribution is -0.137. The van der Waals surface area contributed by atoms with Gasteiger partial charge in [-0.3, -0.25) is 9.59 Å². The summed E-state index contributed by atoms with van der Waals surface area (Å²) in [5.41, 5.74) is 5.77. The van der Waals surface area contributed by atoms with Gasteiger partial charge in [-0.1, -0.05) is 89.2 Å². The van der Waals surface area contributed by atoms with Gasteiger partial charge in [-0.2, -0.15) is 0 Å². The molecule has 4 rings (SSSR count). The van der Waals surface area contributed by atoms with Crippen LogP contribution in [0.15, 0.2) is 79.0 Å². The number of fused-ring (bicyclic) bond motifs is 1. The number of ketones is 1. The topological polar surface area (TPSA) is 62.5 Å². The maximum Gasteiger partial charge on any atom is 0.303 e. The van der Waals surface area contributed by atoms with Crippen molar-refractivity contribution in [1.82, 2.24) is 4.57 Å². The first-order valence-corrected chi connectivity index (χ1v) is 14.2. The van der Waals surface area contributed by atoms with Gasteiger partial charge in [0.05, 0.1) is 6.04 Å². The molecule has 1 heterocycles. The average Bonchev–Trinajstić information content (AvgIpc) is 3.27. The third-order valence-corrected chi connectivity index (χ3v) is 7.49. The largest absolute Gasteiger partial charge is 0.481 e. The van der Waals surface area contributed by atoms with E-state index in [1.165, 1.54) is 11.1 Å². The normalized spacial score (nSPS) is 12.6. The van der Waals surface area contributed by atoms with Gasteiger partial charge < -0.3 is 14.6 Å². The van der Waals surface area contributed by atoms with Crippen LogP contribution in [-0.4, -0.2) is 28.5 Å². The van der Waals surface area contributed by atoms with Gasteiger partial charge in [0.2, 0.25) is 0 Å². The summed E-state index contributed by atoms with van der Waals surface area (Å²) in [7, 11) is 2.11. The molecule has 0 fully saturated rings. The third-order valence-electron chi connectivity index (χ3n) is 7.49. The maximum absolute atomic E-state index is 13.9. The highest BCUT2D eigenvalue weighted by atomic mass is 16.4. The molecule has 3 aromatic carbocycles. The first-order chi connectivity index (χ1) is 19.0. The molecular weight excluding hydrogens is 496 g/mol. The molecule has 5 heteroatoms. The summed E-state index contributed by atoms with van der Waals surface area (Å²) in [4.78, 5) is 27.2. The van der Waals surface area contributed by atoms with Crippen molar-refractivity contribution in [2.75, 3.05) is 11.9 Å². The molecule has 1 N–H and O–H groups in total. The number of carboxylic acid groups (broad SMARTS) is 1. The number of hydrogen-bond acceptors (Lipinski definition) is 3. The van der Waals surface area contributed by atoms with E-state index in [2.05, 4.69) is 76.9 Å². The molecule has 0 aliphatic heterocycles. The van der Waals surface area contributed by atoms with E-state index in [0.29, 0.717) is 30.0 Å². The van der Waals surface area contributed by atoms with Gasteiger partial charge in [0, 0.05) is 53.9 Å². The van der Waals surface area contributed by atoms with Crippen molar-refractivity contribution in [2.24, 2.45) is 11.3 Å². The van der Waals surface area contributed by atoms with Gasteiger partial charge in [0.1, 0.15) is 0 Å². The highest BCUT2D eigenvalue weighted by Crippen LogP contribution is 2.40. The van der Waals surface area contributed by atoms with E-state index < -0.39 is 5.97 Å². The molecule has 40 heavy (non-hydrogen) atoms. The quantitative estimate of drug-likeness (QED) is 0.196. The number of carboxylic acids is 1. The number of nitrogens with zero attached hydrogens (tertiary/aromatic N) is 2. The second-order valence-corrected chi connectivity index (χ2v) is 12.3. The summed E-state index contributed by atoms with van der Waals surface area (Å²) < 4.78 is 2.00. The van der Waals surface area contributed by atoms with Crippen LogP contribution in [0.2, 0.25) is 0 Å². The van der Waals surface area contributed by atoms with Crippen LogP contribution in [-0.2, 0) is 17.8 Å². The van der Waals surface area contributed by atoms with Crippen LogP contribution in [0, 0.1) is 11.3 Å². The lowest BCUT2D eigenvalue weighted by Gasteiger charge is -2.40. The van der Waals surface area contributed by atoms with Crippen LogP contribution in [0.3, 0.4) is 0 Å². The van der Waals surface area contributed by atoms with E-state index in [-0.39, 0.29) is 23.7 Å². The molecule has 0 saturated carbocycles. The molecule has 1 atom stereocenters. The minimum absolute atomic E-state index is 0.0335. The Balaban J connectivity index is 1.65. The van der Waals surface area contributed by atoms with Gasteiger partial charge in [0.15, 0.2) is 5.78 Å². The number of para-hydroxylation sites is 1. The van der Waals surface area contributed by atoms with Crippen molar-refractivity contribution in [2.45, 2.75) is 66.5 Å². The lowest BCUT2D eigenvalue weighted by Crippen LogP contribution is -2.34. The molecule has 5 nitrogen and oxygen atoms in total. The van der Waals surface area contributed by atoms with Crippen molar-refractivity contribution in [3.8, 4) is 0 Å². The van der Waals surface area contributed by atoms with Gasteiger partial charge in [-0.15, -0.1) is 0 Å². The van der Waals surface area contributed by atoms with E-state index in [4.69, 9.17) is 5.11 Å². The van der Waals surface area contributed by atoms with E-state index in [1.807, 2.05) is 53.2 Å². The molecule has 0 aliphatic carbocycles. The first kappa shape index (κ1) is 29.1. The predicted molar refractivity (Wildman–Crippen MR) is 164 cm³/mol. The molecule has 0 spiro atoms. The molecule has 0 aliphatic rings. The van der Waals surface area contributed by atoms with Crippen molar-refractivity contribution in [3.63, 3.8) is 0 Å². The van der Waals surface area contributed by atoms with Crippen LogP contribution in [0.4, 0.5) is 5.69 Å². The summed E-state index contributed by atoms with van der Waals surface area (Å²) in [6, 6.07) is 24.8. The van der Waals surface area contributed by atoms with Crippen LogP contribution < -0.4 is 4.90 Å². The van der Waals surface area contributed by atoms with Crippen LogP contribution in [0.5, 0.6) is 0 Å². The molecule has 0 saturated heterocycles. The van der Waals surface area contributed by atoms with Crippen molar-refractivity contribution >= 4 is 28.3 Å². The van der Waals surface area contributed by atoms with Crippen molar-refractivity contribution in [1.29, 1.82) is 0 Å². The third kappa shape index (κ3) is 6.64. The highest BCUT2D eigenvalue weighted by Gasteiger charge is 2.30. The molecule has 210 valence electrons. The van der Waals surface area contributed by atoms with Crippen molar-refractivity contribution in [3.05, 3.63) is 101 Å². The molecular formula is C35H42N2O3. The zero-order valence-electron chi connectivity index (χ0n) is 24.6. The Hall–Kier alpha value is -3.86. The summed E-state index contributed by atoms with van der Waals surface area (Å²) >= 11 is 0. The molecule has 0 radical (unpaired) electrons. The number of carbonyl (C=O) groups excluding carboxylic acids is 1. The van der Waals surface area contributed by atoms with Gasteiger partial charge in [-0.25, -0.2) is 0 Å². The van der Waals surface area contributed by atoms with E-state index in [0.717, 1.165) is 23.0 Å². The standard InChI is InChI=1S/C35H42N2O3/c1-24(2)21-25-16-18-26(19-17-25)34(35(3,4)5)36(6)28-12-9-11-27(22-28)33(40)30-23-37(20-10-15-32(38)39)31-14-8-7-13-29(30)31/h7-9,11-14,16-19,22-24,34H,10,15,20-21H2,1-6H3,(H,38,39). The second-order valence-electron chi connectivity index (χ2n) is 12.3. The van der Waals surface area contributed by atoms with Crippen LogP contribution in [0.1, 0.15) is 80.6 Å². The Morgan fingerprint density at radius 2 is 1.65 bits per heavy atom. The number of benzene rings is 3. The number of rotatable bonds is 11. The first-order valence-electron chi connectivity index (χ1n) is 14.2. The summed E-state index contributed by atoms with van der Waals surface area (Å²) in [6.07, 6.45) is 3.55. The van der Waals surface area contributed by atoms with Crippen LogP contribution >= 0.6 is 0 Å². The zero-order valence-corrected chi connectivity index (χ0v) is 24.6. The maximum atomic E-state index is 13.9. The highest BCUT2D eigenvalue weighted by molar-refractivity contribution is 6.16. The molecule has 1 unspecified atom stereocenters. The Morgan fingerprint density at radius 3 is 2.30 bits per heavy atom. The second kappa shape index (κ2) is 12.1. The minimum atomic E-state index is -0.811. The summed E-state index contributed by atoms with van der Waals surface area (Å²) in [5, 5.41) is 9.94. The molecule has 4 aromatic rings. The smallest absolute Gasteiger partial charge is 0.303 e. The number of carbonyl (C=O) groups is 2. The fourth-order valence-electron chi connectivity index (χ4n) is 5.80. The Morgan fingerprint density at radius 1 is 0.950 bits per heavy atom. The van der Waals surface area contributed by atoms with Gasteiger partial charge >= 0.3 is 5.97 Å². The summed E-state index contributed by atoms with van der Waals surface area (Å²) in [5.74, 6) is -0.228. The number of aliphatic carboxylic acids is 1. The van der Waals surface area contributed by atoms with Gasteiger partial charge in [0.25, 0.3) is 0 Å². The lowest BCUT2D eigenvalue weighted by atomic mass is 9.80. The molecule has 1 aromatic heterocycles. The monoisotopic (exact) mass is 538 g/mol. The SMILES string of the molecule is CC(C)Cc1ccc(C(N(C)c2cccc(C(=O)c3cn(CCCC(=O)O)c4ccccc34)c2)C(C)(C)C)cc1. The predicted octanol–water partition coefficient (Wildman–Crippen LogP) is 8.16. The number of aromatic nitrogens is 1. The van der Waals surface area contributed by atoms with E-state index >= 15 is 0 Å². The Bertz CT molecular complexity index is 1470. The Kier molecular flexibility index (Phi) is 8.82. The van der Waals surface area contributed by atoms with E-state index in [1.54, 1.807) is 0 Å². The van der Waals surface area contributed by atoms with E-state index in [9.17, 15) is 9.59 Å². The minimum Gasteiger partial charge on any atom is -0.481 e. The van der Waals surface area contributed by atoms with Crippen molar-refractivity contribution < 1.29 is 14.7 Å². The molecule has 0 amide bonds. The number of anilines is 1. The molecule has 0 bridgehead atoms. The van der Waals surface area contributed by atoms with Gasteiger partial charge in [-0.05, 0) is 53.5 Å². The number of aryl methyl sites for hydroxylation is 1. The Labute approximate surface area is 238 Å². The van der Waals surface area contributed by atoms with Crippen LogP contribution in [0.25, 0.3) is 10.9 Å². The average molecular weight is 539 g/mol. The fraction of sp³-hybridized carbons (Fsp3) is 0.371. The fourth-order valence-corrected chi connectivity index (χ4v) is 5.80.